The molecule has 0 N–H and O–H groups in total. The Hall–Kier alpha value is -0.960. The number of carbonyl (C=O) groups is 1. The summed E-state index contributed by atoms with van der Waals surface area (Å²) < 4.78 is 10.0. The fraction of sp³-hybridized carbons (Fsp3) is 0.444. The molecule has 0 radical (unpaired) electrons. The number of esters is 1. The third-order valence-corrected chi connectivity index (χ3v) is 1.79. The van der Waals surface area contributed by atoms with Crippen molar-refractivity contribution < 1.29 is 13.9 Å². The number of aryl methyl sites for hydroxylation is 1. The van der Waals surface area contributed by atoms with E-state index in [2.05, 4.69) is 0 Å². The Bertz CT molecular complexity index is 304. The van der Waals surface area contributed by atoms with Gasteiger partial charge in [0.25, 0.3) is 0 Å². The minimum absolute atomic E-state index is 0.183. The van der Waals surface area contributed by atoms with E-state index in [-0.39, 0.29) is 11.8 Å². The van der Waals surface area contributed by atoms with E-state index in [1.807, 2.05) is 0 Å². The molecule has 0 saturated carbocycles. The molecule has 0 spiro atoms. The number of carbonyl (C=O) groups excluding carboxylic acids is 1. The summed E-state index contributed by atoms with van der Waals surface area (Å²) in [4.78, 5) is 11.3. The Balaban J connectivity index is 2.91. The summed E-state index contributed by atoms with van der Waals surface area (Å²) in [5, 5.41) is 0. The van der Waals surface area contributed by atoms with Crippen molar-refractivity contribution in [2.75, 3.05) is 6.61 Å². The number of ether oxygens (including phenoxy) is 1. The number of furan rings is 1. The molecule has 0 aliphatic carbocycles. The summed E-state index contributed by atoms with van der Waals surface area (Å²) >= 11 is 5.59. The maximum absolute atomic E-state index is 11.3. The van der Waals surface area contributed by atoms with Crippen LogP contribution in [0.2, 0.25) is 0 Å². The summed E-state index contributed by atoms with van der Waals surface area (Å²) in [6.45, 7) is 3.87. The third kappa shape index (κ3) is 2.25. The molecule has 72 valence electrons. The minimum Gasteiger partial charge on any atom is -0.464 e. The van der Waals surface area contributed by atoms with E-state index in [1.54, 1.807) is 19.9 Å². The molecule has 1 rings (SSSR count). The van der Waals surface area contributed by atoms with Gasteiger partial charge in [-0.05, 0) is 19.9 Å². The normalized spacial score (nSPS) is 10.1. The molecule has 1 heterocycles. The molecule has 0 bridgehead atoms. The molecule has 3 nitrogen and oxygen atoms in total. The molecule has 13 heavy (non-hydrogen) atoms. The van der Waals surface area contributed by atoms with Gasteiger partial charge in [0, 0.05) is 0 Å². The zero-order valence-electron chi connectivity index (χ0n) is 7.59. The third-order valence-electron chi connectivity index (χ3n) is 1.55. The van der Waals surface area contributed by atoms with Gasteiger partial charge in [0.05, 0.1) is 12.5 Å². The molecular formula is C9H11ClO3. The molecule has 4 heteroatoms. The van der Waals surface area contributed by atoms with Gasteiger partial charge in [-0.2, -0.15) is 0 Å². The second-order valence-electron chi connectivity index (χ2n) is 2.55. The van der Waals surface area contributed by atoms with Crippen molar-refractivity contribution in [2.45, 2.75) is 19.7 Å². The van der Waals surface area contributed by atoms with Crippen LogP contribution in [0, 0.1) is 6.92 Å². The second kappa shape index (κ2) is 4.33. The van der Waals surface area contributed by atoms with Crippen LogP contribution in [0.4, 0.5) is 0 Å². The number of hydrogen-bond donors (Lipinski definition) is 0. The lowest BCUT2D eigenvalue weighted by molar-refractivity contribution is 0.0524. The standard InChI is InChI=1S/C9H11ClO3/c1-3-12-9(11)7-4-6(2)13-8(7)5-10/h4H,3,5H2,1-2H3. The minimum atomic E-state index is -0.380. The van der Waals surface area contributed by atoms with Gasteiger partial charge in [-0.25, -0.2) is 4.79 Å². The highest BCUT2D eigenvalue weighted by Crippen LogP contribution is 2.17. The Morgan fingerprint density at radius 3 is 2.92 bits per heavy atom. The van der Waals surface area contributed by atoms with Crippen molar-refractivity contribution in [1.82, 2.24) is 0 Å². The molecular weight excluding hydrogens is 192 g/mol. The Morgan fingerprint density at radius 2 is 2.38 bits per heavy atom. The van der Waals surface area contributed by atoms with Gasteiger partial charge < -0.3 is 9.15 Å². The SMILES string of the molecule is CCOC(=O)c1cc(C)oc1CCl. The van der Waals surface area contributed by atoms with Crippen LogP contribution in [0.3, 0.4) is 0 Å². The highest BCUT2D eigenvalue weighted by molar-refractivity contribution is 6.17. The zero-order chi connectivity index (χ0) is 9.84. The zero-order valence-corrected chi connectivity index (χ0v) is 8.35. The van der Waals surface area contributed by atoms with Gasteiger partial charge in [0.2, 0.25) is 0 Å². The van der Waals surface area contributed by atoms with Gasteiger partial charge in [-0.15, -0.1) is 11.6 Å². The Morgan fingerprint density at radius 1 is 1.69 bits per heavy atom. The summed E-state index contributed by atoms with van der Waals surface area (Å²) in [5.74, 6) is 0.938. The summed E-state index contributed by atoms with van der Waals surface area (Å²) in [6, 6.07) is 1.63. The first-order valence-corrected chi connectivity index (χ1v) is 4.54. The predicted octanol–water partition coefficient (Wildman–Crippen LogP) is 2.50. The van der Waals surface area contributed by atoms with E-state index in [1.165, 1.54) is 0 Å². The maximum Gasteiger partial charge on any atom is 0.341 e. The largest absolute Gasteiger partial charge is 0.464 e. The van der Waals surface area contributed by atoms with Crippen LogP contribution in [0.1, 0.15) is 28.8 Å². The highest BCUT2D eigenvalue weighted by atomic mass is 35.5. The number of alkyl halides is 1. The summed E-state index contributed by atoms with van der Waals surface area (Å²) in [7, 11) is 0. The molecule has 1 aromatic heterocycles. The molecule has 0 saturated heterocycles. The molecule has 0 atom stereocenters. The molecule has 0 aliphatic rings. The van der Waals surface area contributed by atoms with Crippen molar-refractivity contribution >= 4 is 17.6 Å². The van der Waals surface area contributed by atoms with E-state index < -0.39 is 0 Å². The first-order chi connectivity index (χ1) is 6.19. The lowest BCUT2D eigenvalue weighted by Crippen LogP contribution is -2.05. The lowest BCUT2D eigenvalue weighted by atomic mass is 10.2. The Kier molecular flexibility index (Phi) is 3.37. The van der Waals surface area contributed by atoms with Gasteiger partial charge in [-0.1, -0.05) is 0 Å². The van der Waals surface area contributed by atoms with Crippen LogP contribution >= 0.6 is 11.6 Å². The maximum atomic E-state index is 11.3. The van der Waals surface area contributed by atoms with Crippen LogP contribution in [-0.4, -0.2) is 12.6 Å². The molecule has 0 aliphatic heterocycles. The molecule has 0 fully saturated rings. The summed E-state index contributed by atoms with van der Waals surface area (Å²) in [5.41, 5.74) is 0.425. The van der Waals surface area contributed by atoms with Crippen LogP contribution in [0.25, 0.3) is 0 Å². The van der Waals surface area contributed by atoms with Crippen molar-refractivity contribution in [3.63, 3.8) is 0 Å². The average molecular weight is 203 g/mol. The van der Waals surface area contributed by atoms with Crippen LogP contribution in [0.15, 0.2) is 10.5 Å². The van der Waals surface area contributed by atoms with E-state index in [9.17, 15) is 4.79 Å². The van der Waals surface area contributed by atoms with E-state index in [0.29, 0.717) is 23.7 Å². The smallest absolute Gasteiger partial charge is 0.341 e. The molecule has 0 amide bonds. The van der Waals surface area contributed by atoms with Crippen molar-refractivity contribution in [2.24, 2.45) is 0 Å². The van der Waals surface area contributed by atoms with Gasteiger partial charge in [0.15, 0.2) is 0 Å². The van der Waals surface area contributed by atoms with Crippen LogP contribution in [0.5, 0.6) is 0 Å². The second-order valence-corrected chi connectivity index (χ2v) is 2.82. The fourth-order valence-corrected chi connectivity index (χ4v) is 1.24. The van der Waals surface area contributed by atoms with Gasteiger partial charge in [-0.3, -0.25) is 0 Å². The topological polar surface area (TPSA) is 39.4 Å². The van der Waals surface area contributed by atoms with Gasteiger partial charge >= 0.3 is 5.97 Å². The fourth-order valence-electron chi connectivity index (χ4n) is 1.04. The predicted molar refractivity (Wildman–Crippen MR) is 49.0 cm³/mol. The monoisotopic (exact) mass is 202 g/mol. The first kappa shape index (κ1) is 10.1. The van der Waals surface area contributed by atoms with Crippen molar-refractivity contribution in [3.05, 3.63) is 23.2 Å². The molecule has 1 aromatic rings. The number of hydrogen-bond acceptors (Lipinski definition) is 3. The van der Waals surface area contributed by atoms with Crippen molar-refractivity contribution in [3.8, 4) is 0 Å². The van der Waals surface area contributed by atoms with Crippen molar-refractivity contribution in [1.29, 1.82) is 0 Å². The van der Waals surface area contributed by atoms with Crippen LogP contribution in [-0.2, 0) is 10.6 Å². The van der Waals surface area contributed by atoms with E-state index in [4.69, 9.17) is 20.8 Å². The lowest BCUT2D eigenvalue weighted by Gasteiger charge is -1.98. The van der Waals surface area contributed by atoms with Gasteiger partial charge in [0.1, 0.15) is 17.1 Å². The van der Waals surface area contributed by atoms with E-state index in [0.717, 1.165) is 0 Å². The molecule has 0 aromatic carbocycles. The quantitative estimate of drug-likeness (QED) is 0.559. The average Bonchev–Trinajstić information content (AvgIpc) is 2.47. The number of rotatable bonds is 3. The summed E-state index contributed by atoms with van der Waals surface area (Å²) in [6.07, 6.45) is 0. The van der Waals surface area contributed by atoms with Crippen LogP contribution < -0.4 is 0 Å². The highest BCUT2D eigenvalue weighted by Gasteiger charge is 2.16. The van der Waals surface area contributed by atoms with E-state index >= 15 is 0 Å². The first-order valence-electron chi connectivity index (χ1n) is 4.01. The Labute approximate surface area is 81.6 Å². The number of halogens is 1. The molecule has 0 unspecified atom stereocenters.